The molecular weight excluding hydrogens is 337 g/mol. The van der Waals surface area contributed by atoms with E-state index in [2.05, 4.69) is 0 Å². The molecule has 0 radical (unpaired) electrons. The van der Waals surface area contributed by atoms with Crippen molar-refractivity contribution in [2.75, 3.05) is 0 Å². The summed E-state index contributed by atoms with van der Waals surface area (Å²) in [7, 11) is 0. The van der Waals surface area contributed by atoms with E-state index in [-0.39, 0.29) is 11.7 Å². The Balaban J connectivity index is 1.74. The van der Waals surface area contributed by atoms with Crippen LogP contribution in [0.1, 0.15) is 41.3 Å². The van der Waals surface area contributed by atoms with Crippen molar-refractivity contribution in [1.29, 1.82) is 0 Å². The van der Waals surface area contributed by atoms with E-state index in [0.717, 1.165) is 21.6 Å². The molecule has 2 atom stereocenters. The van der Waals surface area contributed by atoms with Crippen molar-refractivity contribution in [2.24, 2.45) is 0 Å². The lowest BCUT2D eigenvalue weighted by molar-refractivity contribution is -0.143. The Kier molecular flexibility index (Phi) is 3.84. The Bertz CT molecular complexity index is 934. The van der Waals surface area contributed by atoms with Gasteiger partial charge in [0.25, 0.3) is 0 Å². The van der Waals surface area contributed by atoms with Crippen LogP contribution in [-0.2, 0) is 10.2 Å². The summed E-state index contributed by atoms with van der Waals surface area (Å²) in [5.74, 6) is -1.12. The normalized spacial score (nSPS) is 23.2. The van der Waals surface area contributed by atoms with Crippen LogP contribution in [0, 0.1) is 12.7 Å². The van der Waals surface area contributed by atoms with Crippen LogP contribution in [-0.4, -0.2) is 16.1 Å². The molecule has 2 aromatic carbocycles. The summed E-state index contributed by atoms with van der Waals surface area (Å²) in [5, 5.41) is 11.0. The molecule has 1 aliphatic rings. The first kappa shape index (κ1) is 16.2. The third-order valence-electron chi connectivity index (χ3n) is 5.37. The number of nitrogens with zero attached hydrogens (tertiary/aromatic N) is 1. The highest BCUT2D eigenvalue weighted by Gasteiger charge is 2.48. The molecule has 1 saturated carbocycles. The highest BCUT2D eigenvalue weighted by Crippen LogP contribution is 2.50. The van der Waals surface area contributed by atoms with E-state index in [4.69, 9.17) is 4.98 Å². The maximum atomic E-state index is 14.0. The van der Waals surface area contributed by atoms with Gasteiger partial charge in [-0.3, -0.25) is 4.79 Å². The van der Waals surface area contributed by atoms with Crippen molar-refractivity contribution in [3.05, 3.63) is 64.4 Å². The molecule has 5 heteroatoms. The summed E-state index contributed by atoms with van der Waals surface area (Å²) in [6.07, 6.45) is 1.72. The van der Waals surface area contributed by atoms with Crippen LogP contribution >= 0.6 is 11.3 Å². The minimum Gasteiger partial charge on any atom is -0.481 e. The Morgan fingerprint density at radius 2 is 2.08 bits per heavy atom. The summed E-state index contributed by atoms with van der Waals surface area (Å²) < 4.78 is 15.1. The molecule has 0 spiro atoms. The molecule has 1 aromatic heterocycles. The number of fused-ring (bicyclic) bond motifs is 1. The van der Waals surface area contributed by atoms with E-state index in [1.54, 1.807) is 30.4 Å². The van der Waals surface area contributed by atoms with Gasteiger partial charge in [0.05, 0.1) is 20.6 Å². The first-order valence-electron chi connectivity index (χ1n) is 8.36. The summed E-state index contributed by atoms with van der Waals surface area (Å²) in [6, 6.07) is 12.7. The second kappa shape index (κ2) is 5.92. The van der Waals surface area contributed by atoms with Gasteiger partial charge in [0, 0.05) is 5.92 Å². The van der Waals surface area contributed by atoms with E-state index in [1.165, 1.54) is 6.07 Å². The van der Waals surface area contributed by atoms with Gasteiger partial charge in [-0.25, -0.2) is 9.37 Å². The third kappa shape index (κ3) is 2.54. The standard InChI is InChI=1S/C20H18FNO2S/c1-12-14(5-4-6-15(12)21)20(19(23)24)10-9-13(11-20)18-22-16-7-2-3-8-17(16)25-18/h2-8,13H,9-11H2,1H3,(H,23,24)/t13?,20-/m0/s1. The molecule has 1 fully saturated rings. The lowest BCUT2D eigenvalue weighted by Crippen LogP contribution is -2.34. The second-order valence-electron chi connectivity index (χ2n) is 6.76. The van der Waals surface area contributed by atoms with Crippen LogP contribution in [0.5, 0.6) is 0 Å². The first-order chi connectivity index (χ1) is 12.0. The number of carboxylic acids is 1. The fourth-order valence-electron chi connectivity index (χ4n) is 4.00. The number of thiazole rings is 1. The molecule has 1 heterocycles. The largest absolute Gasteiger partial charge is 0.481 e. The van der Waals surface area contributed by atoms with Crippen molar-refractivity contribution < 1.29 is 14.3 Å². The number of carboxylic acid groups (broad SMARTS) is 1. The molecule has 0 amide bonds. The predicted octanol–water partition coefficient (Wildman–Crippen LogP) is 5.03. The van der Waals surface area contributed by atoms with Gasteiger partial charge < -0.3 is 5.11 Å². The molecule has 4 rings (SSSR count). The Labute approximate surface area is 149 Å². The summed E-state index contributed by atoms with van der Waals surface area (Å²) >= 11 is 1.63. The van der Waals surface area contributed by atoms with Gasteiger partial charge in [0.15, 0.2) is 0 Å². The maximum absolute atomic E-state index is 14.0. The van der Waals surface area contributed by atoms with Gasteiger partial charge in [-0.15, -0.1) is 11.3 Å². The number of rotatable bonds is 3. The number of halogens is 1. The maximum Gasteiger partial charge on any atom is 0.314 e. The average Bonchev–Trinajstić information content (AvgIpc) is 3.22. The van der Waals surface area contributed by atoms with Gasteiger partial charge in [0.1, 0.15) is 5.82 Å². The zero-order valence-corrected chi connectivity index (χ0v) is 14.6. The highest BCUT2D eigenvalue weighted by atomic mass is 32.1. The monoisotopic (exact) mass is 355 g/mol. The van der Waals surface area contributed by atoms with Crippen molar-refractivity contribution in [3.63, 3.8) is 0 Å². The molecule has 1 N–H and O–H groups in total. The lowest BCUT2D eigenvalue weighted by Gasteiger charge is -2.27. The van der Waals surface area contributed by atoms with Gasteiger partial charge in [-0.2, -0.15) is 0 Å². The third-order valence-corrected chi connectivity index (χ3v) is 6.57. The highest BCUT2D eigenvalue weighted by molar-refractivity contribution is 7.18. The topological polar surface area (TPSA) is 50.2 Å². The van der Waals surface area contributed by atoms with E-state index in [1.807, 2.05) is 24.3 Å². The van der Waals surface area contributed by atoms with E-state index in [9.17, 15) is 14.3 Å². The van der Waals surface area contributed by atoms with Gasteiger partial charge >= 0.3 is 5.97 Å². The smallest absolute Gasteiger partial charge is 0.314 e. The van der Waals surface area contributed by atoms with Crippen LogP contribution in [0.2, 0.25) is 0 Å². The van der Waals surface area contributed by atoms with Gasteiger partial charge in [-0.05, 0) is 55.5 Å². The Morgan fingerprint density at radius 1 is 1.28 bits per heavy atom. The van der Waals surface area contributed by atoms with Crippen LogP contribution < -0.4 is 0 Å². The molecule has 3 nitrogen and oxygen atoms in total. The van der Waals surface area contributed by atoms with Crippen molar-refractivity contribution in [3.8, 4) is 0 Å². The number of carbonyl (C=O) groups is 1. The van der Waals surface area contributed by atoms with Gasteiger partial charge in [0.2, 0.25) is 0 Å². The van der Waals surface area contributed by atoms with Crippen LogP contribution in [0.15, 0.2) is 42.5 Å². The van der Waals surface area contributed by atoms with Crippen LogP contribution in [0.3, 0.4) is 0 Å². The molecule has 128 valence electrons. The predicted molar refractivity (Wildman–Crippen MR) is 96.7 cm³/mol. The number of aliphatic carboxylic acids is 1. The molecule has 1 unspecified atom stereocenters. The van der Waals surface area contributed by atoms with E-state index >= 15 is 0 Å². The molecule has 1 aliphatic carbocycles. The summed E-state index contributed by atoms with van der Waals surface area (Å²) in [5.41, 5.74) is 0.963. The molecule has 0 aliphatic heterocycles. The zero-order chi connectivity index (χ0) is 17.6. The summed E-state index contributed by atoms with van der Waals surface area (Å²) in [6.45, 7) is 1.67. The van der Waals surface area contributed by atoms with Crippen LogP contribution in [0.25, 0.3) is 10.2 Å². The van der Waals surface area contributed by atoms with E-state index < -0.39 is 11.4 Å². The molecular formula is C20H18FNO2S. The van der Waals surface area contributed by atoms with Gasteiger partial charge in [-0.1, -0.05) is 24.3 Å². The minimum absolute atomic E-state index is 0.0937. The minimum atomic E-state index is -1.03. The fourth-order valence-corrected chi connectivity index (χ4v) is 5.10. The second-order valence-corrected chi connectivity index (χ2v) is 7.82. The number of benzene rings is 2. The van der Waals surface area contributed by atoms with Crippen molar-refractivity contribution in [2.45, 2.75) is 37.5 Å². The van der Waals surface area contributed by atoms with E-state index in [0.29, 0.717) is 24.0 Å². The number of aromatic nitrogens is 1. The lowest BCUT2D eigenvalue weighted by atomic mass is 9.76. The summed E-state index contributed by atoms with van der Waals surface area (Å²) in [4.78, 5) is 16.9. The first-order valence-corrected chi connectivity index (χ1v) is 9.17. The fraction of sp³-hybridized carbons (Fsp3) is 0.300. The zero-order valence-electron chi connectivity index (χ0n) is 13.8. The van der Waals surface area contributed by atoms with Crippen molar-refractivity contribution in [1.82, 2.24) is 4.98 Å². The van der Waals surface area contributed by atoms with Crippen LogP contribution in [0.4, 0.5) is 4.39 Å². The molecule has 3 aromatic rings. The molecule has 25 heavy (non-hydrogen) atoms. The number of hydrogen-bond donors (Lipinski definition) is 1. The Morgan fingerprint density at radius 3 is 2.84 bits per heavy atom. The SMILES string of the molecule is Cc1c(F)cccc1[C@]1(C(=O)O)CCC(c2nc3ccccc3s2)C1. The number of para-hydroxylation sites is 1. The molecule has 0 saturated heterocycles. The molecule has 0 bridgehead atoms. The number of hydrogen-bond acceptors (Lipinski definition) is 3. The Hall–Kier alpha value is -2.27. The average molecular weight is 355 g/mol. The quantitative estimate of drug-likeness (QED) is 0.716. The van der Waals surface area contributed by atoms with Crippen molar-refractivity contribution >= 4 is 27.5 Å².